The minimum Gasteiger partial charge on any atom is -0.356 e. The van der Waals surface area contributed by atoms with E-state index in [1.54, 1.807) is 6.20 Å². The van der Waals surface area contributed by atoms with Crippen molar-refractivity contribution < 1.29 is 4.52 Å². The highest BCUT2D eigenvalue weighted by Gasteiger charge is 2.00. The van der Waals surface area contributed by atoms with Crippen LogP contribution in [0.5, 0.6) is 0 Å². The smallest absolute Gasteiger partial charge is 0.166 e. The summed E-state index contributed by atoms with van der Waals surface area (Å²) < 4.78 is 5.07. The van der Waals surface area contributed by atoms with E-state index in [-0.39, 0.29) is 0 Å². The first kappa shape index (κ1) is 9.00. The van der Waals surface area contributed by atoms with Crippen molar-refractivity contribution in [3.8, 4) is 11.3 Å². The van der Waals surface area contributed by atoms with Crippen LogP contribution >= 0.6 is 0 Å². The largest absolute Gasteiger partial charge is 0.356 e. The predicted octanol–water partition coefficient (Wildman–Crippen LogP) is 3.29. The van der Waals surface area contributed by atoms with Crippen LogP contribution in [-0.4, -0.2) is 5.16 Å². The van der Waals surface area contributed by atoms with Gasteiger partial charge in [0, 0.05) is 11.6 Å². The van der Waals surface area contributed by atoms with Crippen LogP contribution in [0.2, 0.25) is 0 Å². The highest BCUT2D eigenvalue weighted by Crippen LogP contribution is 2.19. The first-order valence-corrected chi connectivity index (χ1v) is 4.90. The molecule has 72 valence electrons. The second-order valence-electron chi connectivity index (χ2n) is 3.32. The van der Waals surface area contributed by atoms with Gasteiger partial charge in [-0.2, -0.15) is 0 Å². The van der Waals surface area contributed by atoms with E-state index in [0.717, 1.165) is 17.7 Å². The number of nitrogens with zero attached hydrogens (tertiary/aromatic N) is 1. The summed E-state index contributed by atoms with van der Waals surface area (Å²) in [5.74, 6) is 0.827. The van der Waals surface area contributed by atoms with E-state index < -0.39 is 0 Å². The van der Waals surface area contributed by atoms with Gasteiger partial charge in [0.05, 0.1) is 6.20 Å². The van der Waals surface area contributed by atoms with Crippen molar-refractivity contribution in [1.29, 1.82) is 0 Å². The molecule has 0 aliphatic heterocycles. The molecule has 2 nitrogen and oxygen atoms in total. The van der Waals surface area contributed by atoms with Crippen molar-refractivity contribution in [2.75, 3.05) is 0 Å². The molecule has 0 aliphatic rings. The molecule has 0 spiro atoms. The summed E-state index contributed by atoms with van der Waals surface area (Å²) in [4.78, 5) is 0. The lowest BCUT2D eigenvalue weighted by Gasteiger charge is -1.99. The first-order chi connectivity index (χ1) is 6.90. The molecule has 0 unspecified atom stereocenters. The molecule has 0 amide bonds. The zero-order valence-corrected chi connectivity index (χ0v) is 8.23. The molecule has 2 rings (SSSR count). The van der Waals surface area contributed by atoms with Gasteiger partial charge in [0.15, 0.2) is 5.76 Å². The van der Waals surface area contributed by atoms with E-state index in [9.17, 15) is 0 Å². The Morgan fingerprint density at radius 1 is 1.14 bits per heavy atom. The van der Waals surface area contributed by atoms with Gasteiger partial charge in [-0.05, 0) is 12.0 Å². The Morgan fingerprint density at radius 2 is 1.93 bits per heavy atom. The monoisotopic (exact) mass is 187 g/mol. The summed E-state index contributed by atoms with van der Waals surface area (Å²) in [5.41, 5.74) is 2.46. The highest BCUT2D eigenvalue weighted by atomic mass is 16.5. The van der Waals surface area contributed by atoms with E-state index in [1.165, 1.54) is 12.0 Å². The van der Waals surface area contributed by atoms with Crippen molar-refractivity contribution in [2.24, 2.45) is 0 Å². The highest BCUT2D eigenvalue weighted by molar-refractivity contribution is 5.56. The topological polar surface area (TPSA) is 26.0 Å². The molecule has 1 aromatic heterocycles. The van der Waals surface area contributed by atoms with Gasteiger partial charge in [0.2, 0.25) is 0 Å². The molecule has 1 aromatic carbocycles. The van der Waals surface area contributed by atoms with Gasteiger partial charge in [-0.3, -0.25) is 0 Å². The van der Waals surface area contributed by atoms with E-state index in [1.807, 2.05) is 6.07 Å². The Kier molecular flexibility index (Phi) is 2.63. The van der Waals surface area contributed by atoms with Crippen LogP contribution in [0.1, 0.15) is 18.9 Å². The van der Waals surface area contributed by atoms with Gasteiger partial charge in [0.25, 0.3) is 0 Å². The average molecular weight is 187 g/mol. The number of aryl methyl sites for hydroxylation is 1. The van der Waals surface area contributed by atoms with Crippen molar-refractivity contribution in [3.63, 3.8) is 0 Å². The molecule has 0 saturated carbocycles. The van der Waals surface area contributed by atoms with Crippen molar-refractivity contribution in [1.82, 2.24) is 5.16 Å². The standard InChI is InChI=1S/C12H13NO/c1-2-3-10-4-6-11(7-5-10)12-8-9-13-14-12/h4-9H,2-3H2,1H3. The van der Waals surface area contributed by atoms with Crippen molar-refractivity contribution >= 4 is 0 Å². The maximum atomic E-state index is 5.07. The quantitative estimate of drug-likeness (QED) is 0.736. The van der Waals surface area contributed by atoms with Crippen LogP contribution < -0.4 is 0 Å². The summed E-state index contributed by atoms with van der Waals surface area (Å²) >= 11 is 0. The molecule has 0 aliphatic carbocycles. The first-order valence-electron chi connectivity index (χ1n) is 4.90. The molecule has 0 saturated heterocycles. The van der Waals surface area contributed by atoms with Gasteiger partial charge in [-0.1, -0.05) is 42.8 Å². The van der Waals surface area contributed by atoms with Gasteiger partial charge in [-0.25, -0.2) is 0 Å². The van der Waals surface area contributed by atoms with Crippen LogP contribution in [0.25, 0.3) is 11.3 Å². The Labute approximate surface area is 83.5 Å². The van der Waals surface area contributed by atoms with Crippen LogP contribution in [0, 0.1) is 0 Å². The fourth-order valence-corrected chi connectivity index (χ4v) is 1.49. The number of benzene rings is 1. The van der Waals surface area contributed by atoms with Crippen LogP contribution in [-0.2, 0) is 6.42 Å². The van der Waals surface area contributed by atoms with E-state index in [2.05, 4.69) is 36.3 Å². The SMILES string of the molecule is CCCc1ccc(-c2ccno2)cc1. The molecule has 14 heavy (non-hydrogen) atoms. The van der Waals surface area contributed by atoms with Gasteiger partial charge in [0.1, 0.15) is 0 Å². The summed E-state index contributed by atoms with van der Waals surface area (Å²) in [6, 6.07) is 10.3. The minimum absolute atomic E-state index is 0.827. The van der Waals surface area contributed by atoms with Crippen LogP contribution in [0.3, 0.4) is 0 Å². The molecular weight excluding hydrogens is 174 g/mol. The van der Waals surface area contributed by atoms with E-state index in [4.69, 9.17) is 4.52 Å². The summed E-state index contributed by atoms with van der Waals surface area (Å²) in [5, 5.41) is 3.68. The zero-order valence-electron chi connectivity index (χ0n) is 8.23. The zero-order chi connectivity index (χ0) is 9.80. The van der Waals surface area contributed by atoms with Crippen LogP contribution in [0.15, 0.2) is 41.1 Å². The molecule has 0 bridgehead atoms. The molecule has 0 atom stereocenters. The third kappa shape index (κ3) is 1.84. The second-order valence-corrected chi connectivity index (χ2v) is 3.32. The maximum absolute atomic E-state index is 5.07. The average Bonchev–Trinajstić information content (AvgIpc) is 2.72. The third-order valence-electron chi connectivity index (χ3n) is 2.21. The molecule has 2 aromatic rings. The summed E-state index contributed by atoms with van der Waals surface area (Å²) in [7, 11) is 0. The number of hydrogen-bond acceptors (Lipinski definition) is 2. The number of aromatic nitrogens is 1. The lowest BCUT2D eigenvalue weighted by atomic mass is 10.1. The minimum atomic E-state index is 0.827. The van der Waals surface area contributed by atoms with Gasteiger partial charge in [-0.15, -0.1) is 0 Å². The number of rotatable bonds is 3. The third-order valence-corrected chi connectivity index (χ3v) is 2.21. The maximum Gasteiger partial charge on any atom is 0.166 e. The lowest BCUT2D eigenvalue weighted by molar-refractivity contribution is 0.432. The van der Waals surface area contributed by atoms with Crippen LogP contribution in [0.4, 0.5) is 0 Å². The van der Waals surface area contributed by atoms with E-state index >= 15 is 0 Å². The van der Waals surface area contributed by atoms with Gasteiger partial charge >= 0.3 is 0 Å². The summed E-state index contributed by atoms with van der Waals surface area (Å²) in [6.07, 6.45) is 3.98. The number of hydrogen-bond donors (Lipinski definition) is 0. The molecule has 0 N–H and O–H groups in total. The van der Waals surface area contributed by atoms with E-state index in [0.29, 0.717) is 0 Å². The second kappa shape index (κ2) is 4.09. The molecule has 0 fully saturated rings. The molecule has 1 heterocycles. The Bertz CT molecular complexity index is 375. The fraction of sp³-hybridized carbons (Fsp3) is 0.250. The normalized spacial score (nSPS) is 10.4. The Hall–Kier alpha value is -1.57. The van der Waals surface area contributed by atoms with Gasteiger partial charge < -0.3 is 4.52 Å². The Morgan fingerprint density at radius 3 is 2.50 bits per heavy atom. The lowest BCUT2D eigenvalue weighted by Crippen LogP contribution is -1.82. The molecule has 2 heteroatoms. The molecule has 0 radical (unpaired) electrons. The van der Waals surface area contributed by atoms with Crippen molar-refractivity contribution in [3.05, 3.63) is 42.1 Å². The molecular formula is C12H13NO. The Balaban J connectivity index is 2.22. The fourth-order valence-electron chi connectivity index (χ4n) is 1.49. The summed E-state index contributed by atoms with van der Waals surface area (Å²) in [6.45, 7) is 2.18. The van der Waals surface area contributed by atoms with Crippen molar-refractivity contribution in [2.45, 2.75) is 19.8 Å². The predicted molar refractivity (Wildman–Crippen MR) is 55.9 cm³/mol.